The van der Waals surface area contributed by atoms with Crippen molar-refractivity contribution in [3.8, 4) is 0 Å². The maximum absolute atomic E-state index is 5.23. The molecule has 0 aromatic heterocycles. The maximum Gasteiger partial charge on any atom is 0.129 e. The summed E-state index contributed by atoms with van der Waals surface area (Å²) in [6.07, 6.45) is 9.00. The highest BCUT2D eigenvalue weighted by atomic mass is 16.6. The van der Waals surface area contributed by atoms with Crippen molar-refractivity contribution in [3.05, 3.63) is 12.2 Å². The monoisotopic (exact) mass is 196 g/mol. The van der Waals surface area contributed by atoms with E-state index in [1.165, 1.54) is 19.3 Å². The van der Waals surface area contributed by atoms with Gasteiger partial charge in [0.2, 0.25) is 0 Å². The highest BCUT2D eigenvalue weighted by Gasteiger charge is 2.00. The predicted molar refractivity (Wildman–Crippen MR) is 59.5 cm³/mol. The number of rotatable bonds is 4. The van der Waals surface area contributed by atoms with Crippen LogP contribution in [0.15, 0.2) is 17.3 Å². The van der Waals surface area contributed by atoms with Crippen LogP contribution in [0.1, 0.15) is 25.7 Å². The molecule has 3 nitrogen and oxygen atoms in total. The lowest BCUT2D eigenvalue weighted by Crippen LogP contribution is -2.17. The molecule has 0 atom stereocenters. The third kappa shape index (κ3) is 5.02. The molecule has 0 amide bonds. The number of hydrogen-bond donors (Lipinski definition) is 0. The molecule has 0 spiro atoms. The lowest BCUT2D eigenvalue weighted by molar-refractivity contribution is 0.125. The molecule has 0 aromatic rings. The van der Waals surface area contributed by atoms with Crippen LogP contribution in [0.5, 0.6) is 0 Å². The van der Waals surface area contributed by atoms with Gasteiger partial charge in [-0.1, -0.05) is 11.2 Å². The van der Waals surface area contributed by atoms with E-state index in [4.69, 9.17) is 4.84 Å². The number of hydrogen-bond acceptors (Lipinski definition) is 3. The number of allylic oxidation sites excluding steroid dienone is 2. The van der Waals surface area contributed by atoms with Crippen LogP contribution in [0.4, 0.5) is 0 Å². The van der Waals surface area contributed by atoms with Crippen molar-refractivity contribution in [3.63, 3.8) is 0 Å². The molecule has 0 saturated carbocycles. The molecule has 0 radical (unpaired) electrons. The molecule has 0 unspecified atom stereocenters. The van der Waals surface area contributed by atoms with Crippen LogP contribution in [-0.4, -0.2) is 37.9 Å². The molecule has 0 fully saturated rings. The minimum absolute atomic E-state index is 0.671. The van der Waals surface area contributed by atoms with Crippen LogP contribution < -0.4 is 0 Å². The van der Waals surface area contributed by atoms with Gasteiger partial charge in [-0.25, -0.2) is 0 Å². The molecular weight excluding hydrogens is 176 g/mol. The molecule has 0 bridgehead atoms. The van der Waals surface area contributed by atoms with Crippen LogP contribution in [0.3, 0.4) is 0 Å². The summed E-state index contributed by atoms with van der Waals surface area (Å²) in [6.45, 7) is 1.59. The molecule has 0 aliphatic heterocycles. The van der Waals surface area contributed by atoms with E-state index in [-0.39, 0.29) is 0 Å². The second-order valence-electron chi connectivity index (χ2n) is 3.87. The molecule has 0 saturated heterocycles. The van der Waals surface area contributed by atoms with Crippen molar-refractivity contribution < 1.29 is 4.84 Å². The summed E-state index contributed by atoms with van der Waals surface area (Å²) in [4.78, 5) is 7.32. The van der Waals surface area contributed by atoms with E-state index in [1.807, 2.05) is 14.1 Å². The van der Waals surface area contributed by atoms with Gasteiger partial charge < -0.3 is 9.74 Å². The predicted octanol–water partition coefficient (Wildman–Crippen LogP) is 2.05. The molecule has 14 heavy (non-hydrogen) atoms. The molecule has 3 heteroatoms. The van der Waals surface area contributed by atoms with Crippen LogP contribution in [0.2, 0.25) is 0 Å². The molecule has 1 rings (SSSR count). The van der Waals surface area contributed by atoms with Gasteiger partial charge >= 0.3 is 0 Å². The van der Waals surface area contributed by atoms with Crippen molar-refractivity contribution >= 4 is 5.71 Å². The van der Waals surface area contributed by atoms with Gasteiger partial charge in [-0.3, -0.25) is 0 Å². The van der Waals surface area contributed by atoms with Crippen molar-refractivity contribution in [2.24, 2.45) is 5.16 Å². The standard InChI is InChI=1S/C11H20N2O/c1-13(2)9-10-14-12-11-7-5-3-4-6-8-11/h5,7H,3-4,6,8-10H2,1-2H3/b12-11-. The third-order valence-corrected chi connectivity index (χ3v) is 2.18. The summed E-state index contributed by atoms with van der Waals surface area (Å²) < 4.78 is 0. The first-order valence-electron chi connectivity index (χ1n) is 5.29. The number of oxime groups is 1. The molecule has 0 heterocycles. The Kier molecular flexibility index (Phi) is 5.30. The second-order valence-corrected chi connectivity index (χ2v) is 3.87. The van der Waals surface area contributed by atoms with Gasteiger partial charge in [0.05, 0.1) is 5.71 Å². The average molecular weight is 196 g/mol. The summed E-state index contributed by atoms with van der Waals surface area (Å²) in [5.41, 5.74) is 1.08. The molecule has 1 aliphatic rings. The van der Waals surface area contributed by atoms with E-state index in [2.05, 4.69) is 22.2 Å². The SMILES string of the molecule is CN(C)CCO/N=C1/C=CCCCC1. The summed E-state index contributed by atoms with van der Waals surface area (Å²) in [6, 6.07) is 0. The second kappa shape index (κ2) is 6.60. The first kappa shape index (κ1) is 11.2. The molecule has 1 aliphatic carbocycles. The van der Waals surface area contributed by atoms with E-state index >= 15 is 0 Å². The van der Waals surface area contributed by atoms with Gasteiger partial charge in [-0.2, -0.15) is 0 Å². The van der Waals surface area contributed by atoms with E-state index in [0.29, 0.717) is 6.61 Å². The Hall–Kier alpha value is -0.830. The highest BCUT2D eigenvalue weighted by Crippen LogP contribution is 2.08. The fraction of sp³-hybridized carbons (Fsp3) is 0.727. The molecular formula is C11H20N2O. The lowest BCUT2D eigenvalue weighted by atomic mass is 10.2. The zero-order valence-electron chi connectivity index (χ0n) is 9.20. The summed E-state index contributed by atoms with van der Waals surface area (Å²) >= 11 is 0. The van der Waals surface area contributed by atoms with Gasteiger partial charge in [0.25, 0.3) is 0 Å². The Morgan fingerprint density at radius 2 is 2.29 bits per heavy atom. The largest absolute Gasteiger partial charge is 0.394 e. The third-order valence-electron chi connectivity index (χ3n) is 2.18. The van der Waals surface area contributed by atoms with Crippen molar-refractivity contribution in [2.45, 2.75) is 25.7 Å². The minimum atomic E-state index is 0.671. The Morgan fingerprint density at radius 3 is 3.07 bits per heavy atom. The van der Waals surface area contributed by atoms with Gasteiger partial charge in [-0.15, -0.1) is 0 Å². The summed E-state index contributed by atoms with van der Waals surface area (Å²) in [5, 5.41) is 4.12. The van der Waals surface area contributed by atoms with Gasteiger partial charge in [0, 0.05) is 6.54 Å². The van der Waals surface area contributed by atoms with E-state index in [0.717, 1.165) is 18.7 Å². The Labute approximate surface area is 86.4 Å². The highest BCUT2D eigenvalue weighted by molar-refractivity contribution is 5.94. The minimum Gasteiger partial charge on any atom is -0.394 e. The normalized spacial score (nSPS) is 20.1. The summed E-state index contributed by atoms with van der Waals surface area (Å²) in [5.74, 6) is 0. The molecule has 0 N–H and O–H groups in total. The van der Waals surface area contributed by atoms with E-state index in [9.17, 15) is 0 Å². The first-order chi connectivity index (χ1) is 6.79. The van der Waals surface area contributed by atoms with Gasteiger partial charge in [0.1, 0.15) is 6.61 Å². The lowest BCUT2D eigenvalue weighted by Gasteiger charge is -2.07. The van der Waals surface area contributed by atoms with Gasteiger partial charge in [-0.05, 0) is 45.9 Å². The Balaban J connectivity index is 2.21. The summed E-state index contributed by atoms with van der Waals surface area (Å²) in [7, 11) is 4.06. The average Bonchev–Trinajstić information content (AvgIpc) is 2.40. The smallest absolute Gasteiger partial charge is 0.129 e. The quantitative estimate of drug-likeness (QED) is 0.508. The molecule has 80 valence electrons. The Bertz CT molecular complexity index is 209. The number of nitrogens with zero attached hydrogens (tertiary/aromatic N) is 2. The van der Waals surface area contributed by atoms with Crippen LogP contribution >= 0.6 is 0 Å². The Morgan fingerprint density at radius 1 is 1.43 bits per heavy atom. The number of likely N-dealkylation sites (N-methyl/N-ethyl adjacent to an activating group) is 1. The maximum atomic E-state index is 5.23. The van der Waals surface area contributed by atoms with Crippen LogP contribution in [0, 0.1) is 0 Å². The van der Waals surface area contributed by atoms with Crippen molar-refractivity contribution in [1.29, 1.82) is 0 Å². The zero-order chi connectivity index (χ0) is 10.2. The van der Waals surface area contributed by atoms with Crippen molar-refractivity contribution in [2.75, 3.05) is 27.2 Å². The zero-order valence-corrected chi connectivity index (χ0v) is 9.20. The van der Waals surface area contributed by atoms with Crippen LogP contribution in [-0.2, 0) is 4.84 Å². The van der Waals surface area contributed by atoms with E-state index in [1.54, 1.807) is 0 Å². The molecule has 0 aromatic carbocycles. The topological polar surface area (TPSA) is 24.8 Å². The van der Waals surface area contributed by atoms with E-state index < -0.39 is 0 Å². The first-order valence-corrected chi connectivity index (χ1v) is 5.29. The fourth-order valence-corrected chi connectivity index (χ4v) is 1.30. The van der Waals surface area contributed by atoms with Gasteiger partial charge in [0.15, 0.2) is 0 Å². The van der Waals surface area contributed by atoms with Crippen molar-refractivity contribution in [1.82, 2.24) is 4.90 Å². The fourth-order valence-electron chi connectivity index (χ4n) is 1.30. The van der Waals surface area contributed by atoms with Crippen LogP contribution in [0.25, 0.3) is 0 Å².